The second kappa shape index (κ2) is 9.54. The largest absolute Gasteiger partial charge is 0.380 e. The van der Waals surface area contributed by atoms with Crippen LogP contribution in [-0.4, -0.2) is 56.9 Å². The molecule has 0 bridgehead atoms. The van der Waals surface area contributed by atoms with Crippen LogP contribution in [-0.2, 0) is 22.4 Å². The first-order valence-electron chi connectivity index (χ1n) is 12.4. The van der Waals surface area contributed by atoms with E-state index in [2.05, 4.69) is 31.9 Å². The lowest BCUT2D eigenvalue weighted by Crippen LogP contribution is -2.40. The summed E-state index contributed by atoms with van der Waals surface area (Å²) >= 11 is 1.40. The van der Waals surface area contributed by atoms with Gasteiger partial charge in [0.15, 0.2) is 10.9 Å². The van der Waals surface area contributed by atoms with Crippen molar-refractivity contribution in [1.82, 2.24) is 25.1 Å². The number of thiazole rings is 1. The van der Waals surface area contributed by atoms with E-state index in [-0.39, 0.29) is 12.0 Å². The Balaban J connectivity index is 1.28. The summed E-state index contributed by atoms with van der Waals surface area (Å²) in [7, 11) is 1.68. The third kappa shape index (κ3) is 4.50. The summed E-state index contributed by atoms with van der Waals surface area (Å²) in [6.07, 6.45) is 10.1. The monoisotopic (exact) mass is 494 g/mol. The number of anilines is 4. The first-order chi connectivity index (χ1) is 17.2. The van der Waals surface area contributed by atoms with Gasteiger partial charge in [-0.3, -0.25) is 9.89 Å². The lowest BCUT2D eigenvalue weighted by atomic mass is 10.0. The van der Waals surface area contributed by atoms with Gasteiger partial charge >= 0.3 is 0 Å². The second-order valence-corrected chi connectivity index (χ2v) is 10.4. The Morgan fingerprint density at radius 2 is 2.11 bits per heavy atom. The number of rotatable bonds is 7. The molecule has 3 N–H and O–H groups in total. The van der Waals surface area contributed by atoms with E-state index in [1.807, 2.05) is 10.3 Å². The number of hydrogen-bond donors (Lipinski definition) is 3. The first-order valence-corrected chi connectivity index (χ1v) is 13.3. The molecule has 2 atom stereocenters. The van der Waals surface area contributed by atoms with Crippen molar-refractivity contribution in [2.45, 2.75) is 69.4 Å². The van der Waals surface area contributed by atoms with Crippen LogP contribution >= 0.6 is 11.3 Å². The molecule has 4 heterocycles. The minimum atomic E-state index is -0.435. The second-order valence-electron chi connectivity index (χ2n) is 9.55. The Bertz CT molecular complexity index is 1190. The molecule has 6 rings (SSSR count). The number of carbonyl (C=O) groups excluding carboxylic acids is 1. The van der Waals surface area contributed by atoms with E-state index < -0.39 is 6.04 Å². The molecule has 11 heteroatoms. The molecule has 0 unspecified atom stereocenters. The molecule has 2 aliphatic carbocycles. The molecule has 3 aromatic rings. The molecule has 0 spiro atoms. The number of methoxy groups -OCH3 is 1. The number of ether oxygens (including phenoxy) is 1. The molecular formula is C24H30N8O2S. The van der Waals surface area contributed by atoms with Crippen LogP contribution in [0.2, 0.25) is 0 Å². The standard InChI is InChI=1S/C24H30N8O2S/c1-34-15-11-19(22(33)29-24-25-9-10-35-24)32(13-15)23-26-17-8-4-7-16(17)21(28-23)27-20-12-18(30-31-20)14-5-2-3-6-14/h9-10,12,14-15,19H,2-8,11,13H2,1H3,(H,25,29,33)(H2,26,27,28,30,31)/t15-,19-/m1/s1. The van der Waals surface area contributed by atoms with Crippen molar-refractivity contribution in [1.29, 1.82) is 0 Å². The number of nitrogens with zero attached hydrogens (tertiary/aromatic N) is 5. The van der Waals surface area contributed by atoms with Crippen LogP contribution in [0.1, 0.15) is 61.4 Å². The summed E-state index contributed by atoms with van der Waals surface area (Å²) < 4.78 is 5.63. The van der Waals surface area contributed by atoms with Crippen LogP contribution in [0.25, 0.3) is 0 Å². The molecule has 2 fully saturated rings. The van der Waals surface area contributed by atoms with Crippen LogP contribution in [0.3, 0.4) is 0 Å². The summed E-state index contributed by atoms with van der Waals surface area (Å²) in [5.74, 6) is 2.56. The predicted octanol–water partition coefficient (Wildman–Crippen LogP) is 3.78. The lowest BCUT2D eigenvalue weighted by molar-refractivity contribution is -0.117. The number of aromatic amines is 1. The van der Waals surface area contributed by atoms with E-state index >= 15 is 0 Å². The molecular weight excluding hydrogens is 464 g/mol. The van der Waals surface area contributed by atoms with Crippen LogP contribution < -0.4 is 15.5 Å². The van der Waals surface area contributed by atoms with Gasteiger partial charge in [0, 0.05) is 54.9 Å². The highest BCUT2D eigenvalue weighted by Crippen LogP contribution is 2.36. The average Bonchev–Trinajstić information content (AvgIpc) is 3.67. The van der Waals surface area contributed by atoms with Gasteiger partial charge in [-0.05, 0) is 32.1 Å². The van der Waals surface area contributed by atoms with E-state index in [1.165, 1.54) is 42.7 Å². The minimum Gasteiger partial charge on any atom is -0.380 e. The quantitative estimate of drug-likeness (QED) is 0.454. The fraction of sp³-hybridized carbons (Fsp3) is 0.542. The van der Waals surface area contributed by atoms with Crippen molar-refractivity contribution < 1.29 is 9.53 Å². The topological polar surface area (TPSA) is 121 Å². The third-order valence-electron chi connectivity index (χ3n) is 7.38. The van der Waals surface area contributed by atoms with E-state index in [0.717, 1.165) is 42.2 Å². The smallest absolute Gasteiger partial charge is 0.249 e. The van der Waals surface area contributed by atoms with Crippen LogP contribution in [0.4, 0.5) is 22.7 Å². The van der Waals surface area contributed by atoms with Gasteiger partial charge in [-0.2, -0.15) is 10.1 Å². The maximum absolute atomic E-state index is 13.2. The van der Waals surface area contributed by atoms with Crippen molar-refractivity contribution in [3.05, 3.63) is 34.6 Å². The molecule has 1 aliphatic heterocycles. The van der Waals surface area contributed by atoms with Crippen LogP contribution in [0.15, 0.2) is 17.6 Å². The van der Waals surface area contributed by atoms with Gasteiger partial charge in [-0.15, -0.1) is 11.3 Å². The number of carbonyl (C=O) groups is 1. The molecule has 1 saturated carbocycles. The maximum Gasteiger partial charge on any atom is 0.249 e. The van der Waals surface area contributed by atoms with Gasteiger partial charge in [-0.1, -0.05) is 12.8 Å². The van der Waals surface area contributed by atoms with Gasteiger partial charge in [-0.25, -0.2) is 9.97 Å². The maximum atomic E-state index is 13.2. The highest BCUT2D eigenvalue weighted by molar-refractivity contribution is 7.13. The average molecular weight is 495 g/mol. The summed E-state index contributed by atoms with van der Waals surface area (Å²) in [5.41, 5.74) is 3.38. The Morgan fingerprint density at radius 1 is 1.23 bits per heavy atom. The zero-order valence-electron chi connectivity index (χ0n) is 19.8. The summed E-state index contributed by atoms with van der Waals surface area (Å²) in [6.45, 7) is 0.554. The molecule has 3 aromatic heterocycles. The van der Waals surface area contributed by atoms with Crippen molar-refractivity contribution >= 4 is 40.0 Å². The molecule has 1 saturated heterocycles. The van der Waals surface area contributed by atoms with Gasteiger partial charge in [0.1, 0.15) is 11.9 Å². The number of H-pyrrole nitrogens is 1. The number of amides is 1. The Morgan fingerprint density at radius 3 is 2.91 bits per heavy atom. The number of fused-ring (bicyclic) bond motifs is 1. The van der Waals surface area contributed by atoms with Crippen molar-refractivity contribution in [3.63, 3.8) is 0 Å². The number of hydrogen-bond acceptors (Lipinski definition) is 9. The van der Waals surface area contributed by atoms with Gasteiger partial charge in [0.25, 0.3) is 0 Å². The summed E-state index contributed by atoms with van der Waals surface area (Å²) in [4.78, 5) is 29.2. The van der Waals surface area contributed by atoms with Gasteiger partial charge < -0.3 is 20.3 Å². The molecule has 0 aromatic carbocycles. The number of aryl methyl sites for hydroxylation is 1. The SMILES string of the molecule is CO[C@@H]1C[C@H](C(=O)Nc2nccs2)N(c2nc3c(c(Nc4cc(C5CCCC5)[nH]n4)n2)CCC3)C1. The van der Waals surface area contributed by atoms with Crippen LogP contribution in [0.5, 0.6) is 0 Å². The van der Waals surface area contributed by atoms with E-state index in [1.54, 1.807) is 13.3 Å². The molecule has 184 valence electrons. The third-order valence-corrected chi connectivity index (χ3v) is 8.07. The van der Waals surface area contributed by atoms with E-state index in [4.69, 9.17) is 14.7 Å². The Hall–Kier alpha value is -3.05. The fourth-order valence-electron chi connectivity index (χ4n) is 5.53. The number of nitrogens with one attached hydrogen (secondary N) is 3. The zero-order chi connectivity index (χ0) is 23.8. The summed E-state index contributed by atoms with van der Waals surface area (Å²) in [6, 6.07) is 1.68. The molecule has 1 amide bonds. The molecule has 35 heavy (non-hydrogen) atoms. The van der Waals surface area contributed by atoms with Gasteiger partial charge in [0.05, 0.1) is 11.8 Å². The molecule has 3 aliphatic rings. The van der Waals surface area contributed by atoms with E-state index in [0.29, 0.717) is 30.0 Å². The highest BCUT2D eigenvalue weighted by Gasteiger charge is 2.39. The molecule has 0 radical (unpaired) electrons. The van der Waals surface area contributed by atoms with Crippen molar-refractivity contribution in [2.75, 3.05) is 29.2 Å². The van der Waals surface area contributed by atoms with Gasteiger partial charge in [0.2, 0.25) is 11.9 Å². The Kier molecular flexibility index (Phi) is 6.11. The highest BCUT2D eigenvalue weighted by atomic mass is 32.1. The Labute approximate surface area is 207 Å². The predicted molar refractivity (Wildman–Crippen MR) is 134 cm³/mol. The number of aromatic nitrogens is 5. The van der Waals surface area contributed by atoms with Crippen molar-refractivity contribution in [2.24, 2.45) is 0 Å². The minimum absolute atomic E-state index is 0.0735. The van der Waals surface area contributed by atoms with Crippen LogP contribution in [0, 0.1) is 0 Å². The summed E-state index contributed by atoms with van der Waals surface area (Å²) in [5, 5.41) is 16.6. The molecule has 10 nitrogen and oxygen atoms in total. The normalized spacial score (nSPS) is 22.0. The fourth-order valence-corrected chi connectivity index (χ4v) is 6.06. The first kappa shape index (κ1) is 22.4. The van der Waals surface area contributed by atoms with Crippen molar-refractivity contribution in [3.8, 4) is 0 Å². The lowest BCUT2D eigenvalue weighted by Gasteiger charge is -2.24. The van der Waals surface area contributed by atoms with E-state index in [9.17, 15) is 4.79 Å². The zero-order valence-corrected chi connectivity index (χ0v) is 20.6.